The minimum absolute atomic E-state index is 0.263. The summed E-state index contributed by atoms with van der Waals surface area (Å²) in [5.74, 6) is 0.726. The average Bonchev–Trinajstić information content (AvgIpc) is 2.16. The van der Waals surface area contributed by atoms with Crippen LogP contribution >= 0.6 is 0 Å². The molecule has 1 heteroatoms. The third-order valence-electron chi connectivity index (χ3n) is 5.06. The van der Waals surface area contributed by atoms with Crippen LogP contribution in [-0.2, 0) is 4.79 Å². The number of carbonyl (C=O) groups excluding carboxylic acids is 1. The van der Waals surface area contributed by atoms with Crippen molar-refractivity contribution >= 4 is 6.29 Å². The second-order valence-electron chi connectivity index (χ2n) is 6.59. The first-order valence-electron chi connectivity index (χ1n) is 6.60. The molecule has 2 saturated carbocycles. The fourth-order valence-electron chi connectivity index (χ4n) is 4.40. The maximum absolute atomic E-state index is 11.0. The lowest BCUT2D eigenvalue weighted by Crippen LogP contribution is -2.46. The Balaban J connectivity index is 2.31. The van der Waals surface area contributed by atoms with Crippen LogP contribution in [0.3, 0.4) is 0 Å². The topological polar surface area (TPSA) is 17.1 Å². The molecule has 0 aromatic rings. The molecule has 2 rings (SSSR count). The smallest absolute Gasteiger partial charge is 0.120 e. The highest BCUT2D eigenvalue weighted by Gasteiger charge is 2.50. The van der Waals surface area contributed by atoms with Gasteiger partial charge < -0.3 is 4.79 Å². The van der Waals surface area contributed by atoms with E-state index in [-0.39, 0.29) is 5.41 Å². The van der Waals surface area contributed by atoms with Gasteiger partial charge in [-0.15, -0.1) is 0 Å². The molecule has 1 nitrogen and oxygen atoms in total. The van der Waals surface area contributed by atoms with Crippen molar-refractivity contribution < 1.29 is 4.79 Å². The Morgan fingerprint density at radius 2 is 2.19 bits per heavy atom. The molecule has 0 unspecified atom stereocenters. The Morgan fingerprint density at radius 1 is 1.44 bits per heavy atom. The zero-order chi connectivity index (χ0) is 11.8. The van der Waals surface area contributed by atoms with Gasteiger partial charge in [-0.2, -0.15) is 0 Å². The van der Waals surface area contributed by atoms with Gasteiger partial charge in [0.25, 0.3) is 0 Å². The average molecular weight is 220 g/mol. The molecule has 0 aromatic carbocycles. The number of hydrogen-bond acceptors (Lipinski definition) is 1. The molecule has 2 atom stereocenters. The summed E-state index contributed by atoms with van der Waals surface area (Å²) in [5.41, 5.74) is 2.05. The van der Waals surface area contributed by atoms with Gasteiger partial charge >= 0.3 is 0 Å². The monoisotopic (exact) mass is 220 g/mol. The number of hydrogen-bond donors (Lipinski definition) is 0. The summed E-state index contributed by atoms with van der Waals surface area (Å²) in [5, 5.41) is 0. The molecule has 2 aliphatic carbocycles. The lowest BCUT2D eigenvalue weighted by atomic mass is 9.49. The van der Waals surface area contributed by atoms with Crippen LogP contribution in [0.4, 0.5) is 0 Å². The van der Waals surface area contributed by atoms with E-state index in [0.29, 0.717) is 5.41 Å². The van der Waals surface area contributed by atoms with Gasteiger partial charge in [-0.25, -0.2) is 0 Å². The lowest BCUT2D eigenvalue weighted by Gasteiger charge is -2.55. The standard InChI is InChI=1S/C15H24O/c1-12-5-6-13-14(2,3)7-4-8-15(13,11-12)9-10-16/h10,13H,1,4-9,11H2,2-3H3/t13-,15-/m0/s1. The number of fused-ring (bicyclic) bond motifs is 1. The summed E-state index contributed by atoms with van der Waals surface area (Å²) < 4.78 is 0. The Kier molecular flexibility index (Phi) is 2.98. The third-order valence-corrected chi connectivity index (χ3v) is 5.06. The summed E-state index contributed by atoms with van der Waals surface area (Å²) in [4.78, 5) is 11.0. The molecule has 0 amide bonds. The highest BCUT2D eigenvalue weighted by Crippen LogP contribution is 2.59. The first-order chi connectivity index (χ1) is 7.50. The van der Waals surface area contributed by atoms with Gasteiger partial charge in [0.2, 0.25) is 0 Å². The molecule has 0 heterocycles. The fraction of sp³-hybridized carbons (Fsp3) is 0.800. The van der Waals surface area contributed by atoms with E-state index in [0.717, 1.165) is 25.0 Å². The van der Waals surface area contributed by atoms with Crippen LogP contribution in [0.25, 0.3) is 0 Å². The lowest BCUT2D eigenvalue weighted by molar-refractivity contribution is -0.114. The van der Waals surface area contributed by atoms with Gasteiger partial charge in [-0.05, 0) is 48.9 Å². The summed E-state index contributed by atoms with van der Waals surface area (Å²) in [6.07, 6.45) is 9.26. The van der Waals surface area contributed by atoms with Gasteiger partial charge in [0, 0.05) is 6.42 Å². The number of rotatable bonds is 2. The van der Waals surface area contributed by atoms with E-state index < -0.39 is 0 Å². The maximum atomic E-state index is 11.0. The first-order valence-corrected chi connectivity index (χ1v) is 6.60. The van der Waals surface area contributed by atoms with Crippen LogP contribution in [0.5, 0.6) is 0 Å². The van der Waals surface area contributed by atoms with Crippen molar-refractivity contribution in [3.05, 3.63) is 12.2 Å². The largest absolute Gasteiger partial charge is 0.303 e. The molecular weight excluding hydrogens is 196 g/mol. The van der Waals surface area contributed by atoms with Crippen molar-refractivity contribution in [2.45, 2.75) is 58.8 Å². The minimum Gasteiger partial charge on any atom is -0.303 e. The molecule has 0 bridgehead atoms. The predicted molar refractivity (Wildman–Crippen MR) is 67.2 cm³/mol. The number of aldehydes is 1. The summed E-state index contributed by atoms with van der Waals surface area (Å²) in [6.45, 7) is 8.95. The van der Waals surface area contributed by atoms with Gasteiger partial charge in [0.05, 0.1) is 0 Å². The van der Waals surface area contributed by atoms with E-state index >= 15 is 0 Å². The molecule has 0 saturated heterocycles. The molecule has 0 aliphatic heterocycles. The van der Waals surface area contributed by atoms with E-state index in [2.05, 4.69) is 20.4 Å². The zero-order valence-corrected chi connectivity index (χ0v) is 10.7. The molecule has 0 spiro atoms. The molecule has 0 aromatic heterocycles. The van der Waals surface area contributed by atoms with E-state index in [1.165, 1.54) is 37.7 Å². The number of carbonyl (C=O) groups is 1. The zero-order valence-electron chi connectivity index (χ0n) is 10.7. The van der Waals surface area contributed by atoms with Crippen LogP contribution < -0.4 is 0 Å². The van der Waals surface area contributed by atoms with E-state index in [1.54, 1.807) is 0 Å². The van der Waals surface area contributed by atoms with Crippen LogP contribution in [0, 0.1) is 16.7 Å². The molecule has 2 fully saturated rings. The van der Waals surface area contributed by atoms with E-state index in [4.69, 9.17) is 0 Å². The Bertz CT molecular complexity index is 303. The third kappa shape index (κ3) is 1.85. The van der Waals surface area contributed by atoms with Crippen molar-refractivity contribution in [3.8, 4) is 0 Å². The highest BCUT2D eigenvalue weighted by molar-refractivity contribution is 5.51. The number of allylic oxidation sites excluding steroid dienone is 1. The normalized spacial score (nSPS) is 37.9. The van der Waals surface area contributed by atoms with Crippen molar-refractivity contribution in [2.24, 2.45) is 16.7 Å². The SMILES string of the molecule is C=C1CC[C@H]2C(C)(C)CCC[C@]2(CC=O)C1. The summed E-state index contributed by atoms with van der Waals surface area (Å²) in [6, 6.07) is 0. The molecule has 0 radical (unpaired) electrons. The van der Waals surface area contributed by atoms with Crippen molar-refractivity contribution in [2.75, 3.05) is 0 Å². The van der Waals surface area contributed by atoms with Gasteiger partial charge in [0.15, 0.2) is 0 Å². The quantitative estimate of drug-likeness (QED) is 0.505. The Hall–Kier alpha value is -0.590. The van der Waals surface area contributed by atoms with Crippen molar-refractivity contribution in [3.63, 3.8) is 0 Å². The van der Waals surface area contributed by atoms with Crippen molar-refractivity contribution in [1.29, 1.82) is 0 Å². The summed E-state index contributed by atoms with van der Waals surface area (Å²) in [7, 11) is 0. The maximum Gasteiger partial charge on any atom is 0.120 e. The van der Waals surface area contributed by atoms with Gasteiger partial charge in [-0.3, -0.25) is 0 Å². The molecule has 2 aliphatic rings. The second-order valence-corrected chi connectivity index (χ2v) is 6.59. The Morgan fingerprint density at radius 3 is 2.88 bits per heavy atom. The summed E-state index contributed by atoms with van der Waals surface area (Å²) >= 11 is 0. The van der Waals surface area contributed by atoms with Crippen LogP contribution in [0.2, 0.25) is 0 Å². The molecule has 16 heavy (non-hydrogen) atoms. The minimum atomic E-state index is 0.263. The van der Waals surface area contributed by atoms with E-state index in [9.17, 15) is 4.79 Å². The fourth-order valence-corrected chi connectivity index (χ4v) is 4.40. The first kappa shape index (κ1) is 11.9. The van der Waals surface area contributed by atoms with Gasteiger partial charge in [-0.1, -0.05) is 32.4 Å². The second kappa shape index (κ2) is 4.01. The Labute approximate surface area is 99.3 Å². The highest BCUT2D eigenvalue weighted by atomic mass is 16.1. The van der Waals surface area contributed by atoms with Crippen LogP contribution in [-0.4, -0.2) is 6.29 Å². The molecular formula is C15H24O. The van der Waals surface area contributed by atoms with Gasteiger partial charge in [0.1, 0.15) is 6.29 Å². The molecule has 90 valence electrons. The van der Waals surface area contributed by atoms with E-state index in [1.807, 2.05) is 0 Å². The predicted octanol–water partition coefficient (Wildman–Crippen LogP) is 4.13. The van der Waals surface area contributed by atoms with Crippen LogP contribution in [0.1, 0.15) is 58.8 Å². The molecule has 0 N–H and O–H groups in total. The van der Waals surface area contributed by atoms with Crippen molar-refractivity contribution in [1.82, 2.24) is 0 Å². The van der Waals surface area contributed by atoms with Crippen LogP contribution in [0.15, 0.2) is 12.2 Å².